The minimum absolute atomic E-state index is 0.0944. The monoisotopic (exact) mass is 280 g/mol. The zero-order valence-electron chi connectivity index (χ0n) is 9.97. The van der Waals surface area contributed by atoms with E-state index in [9.17, 15) is 4.79 Å². The Hall–Kier alpha value is -1.39. The van der Waals surface area contributed by atoms with Gasteiger partial charge in [-0.05, 0) is 24.1 Å². The third kappa shape index (κ3) is 3.55. The number of thiazole rings is 1. The predicted molar refractivity (Wildman–Crippen MR) is 73.6 cm³/mol. The van der Waals surface area contributed by atoms with Crippen molar-refractivity contribution in [1.82, 2.24) is 4.57 Å². The topological polar surface area (TPSA) is 34.4 Å². The fourth-order valence-electron chi connectivity index (χ4n) is 1.50. The van der Waals surface area contributed by atoms with Crippen LogP contribution in [0.1, 0.15) is 12.0 Å². The van der Waals surface area contributed by atoms with Crippen molar-refractivity contribution in [2.24, 2.45) is 12.0 Å². The molecule has 0 aliphatic rings. The fraction of sp³-hybridized carbons (Fsp3) is 0.231. The molecule has 0 atom stereocenters. The van der Waals surface area contributed by atoms with Crippen LogP contribution in [0.5, 0.6) is 0 Å². The van der Waals surface area contributed by atoms with Gasteiger partial charge >= 0.3 is 0 Å². The van der Waals surface area contributed by atoms with E-state index in [1.54, 1.807) is 0 Å². The Morgan fingerprint density at radius 3 is 2.72 bits per heavy atom. The number of hydrogen-bond donors (Lipinski definition) is 0. The summed E-state index contributed by atoms with van der Waals surface area (Å²) in [5.74, 6) is -0.0944. The average molecular weight is 281 g/mol. The lowest BCUT2D eigenvalue weighted by Gasteiger charge is -1.98. The van der Waals surface area contributed by atoms with Gasteiger partial charge in [0.05, 0.1) is 0 Å². The molecule has 0 spiro atoms. The number of carbonyl (C=O) groups excluding carboxylic acids is 1. The highest BCUT2D eigenvalue weighted by Crippen LogP contribution is 2.11. The van der Waals surface area contributed by atoms with Crippen molar-refractivity contribution in [1.29, 1.82) is 0 Å². The molecule has 1 aromatic carbocycles. The number of carbonyl (C=O) groups is 1. The number of amides is 1. The van der Waals surface area contributed by atoms with E-state index in [1.807, 2.05) is 47.5 Å². The van der Waals surface area contributed by atoms with Crippen LogP contribution in [0.2, 0.25) is 5.02 Å². The Morgan fingerprint density at radius 1 is 1.39 bits per heavy atom. The van der Waals surface area contributed by atoms with Crippen molar-refractivity contribution in [2.45, 2.75) is 12.8 Å². The number of aryl methyl sites for hydroxylation is 2. The van der Waals surface area contributed by atoms with Crippen LogP contribution in [0, 0.1) is 0 Å². The minimum atomic E-state index is -0.0944. The molecule has 1 heterocycles. The van der Waals surface area contributed by atoms with Crippen LogP contribution < -0.4 is 4.80 Å². The zero-order chi connectivity index (χ0) is 13.0. The summed E-state index contributed by atoms with van der Waals surface area (Å²) in [6.07, 6.45) is 2.99. The van der Waals surface area contributed by atoms with Gasteiger partial charge in [0.1, 0.15) is 0 Å². The number of rotatable bonds is 3. The summed E-state index contributed by atoms with van der Waals surface area (Å²) in [6, 6.07) is 7.52. The average Bonchev–Trinajstić information content (AvgIpc) is 2.74. The molecule has 0 N–H and O–H groups in total. The highest BCUT2D eigenvalue weighted by atomic mass is 35.5. The fourth-order valence-corrected chi connectivity index (χ4v) is 2.37. The van der Waals surface area contributed by atoms with Gasteiger partial charge in [-0.3, -0.25) is 4.79 Å². The van der Waals surface area contributed by atoms with Crippen LogP contribution in [-0.4, -0.2) is 10.5 Å². The Kier molecular flexibility index (Phi) is 4.33. The van der Waals surface area contributed by atoms with Crippen LogP contribution in [0.4, 0.5) is 0 Å². The molecule has 0 fully saturated rings. The molecule has 0 radical (unpaired) electrons. The van der Waals surface area contributed by atoms with Crippen molar-refractivity contribution in [3.8, 4) is 0 Å². The van der Waals surface area contributed by atoms with Gasteiger partial charge in [0.15, 0.2) is 4.80 Å². The van der Waals surface area contributed by atoms with E-state index in [4.69, 9.17) is 11.6 Å². The normalized spacial score (nSPS) is 11.8. The number of benzene rings is 1. The standard InChI is InChI=1S/C13H13ClN2OS/c1-16-8-9-18-13(16)15-12(17)7-4-10-2-5-11(14)6-3-10/h2-3,5-6,8-9H,4,7H2,1H3. The van der Waals surface area contributed by atoms with Crippen LogP contribution in [0.25, 0.3) is 0 Å². The van der Waals surface area contributed by atoms with Crippen molar-refractivity contribution in [2.75, 3.05) is 0 Å². The first kappa shape index (κ1) is 13.1. The van der Waals surface area contributed by atoms with Gasteiger partial charge in [0.25, 0.3) is 0 Å². The van der Waals surface area contributed by atoms with E-state index in [-0.39, 0.29) is 5.91 Å². The molecule has 5 heteroatoms. The summed E-state index contributed by atoms with van der Waals surface area (Å²) < 4.78 is 1.84. The van der Waals surface area contributed by atoms with Crippen molar-refractivity contribution >= 4 is 28.8 Å². The maximum absolute atomic E-state index is 11.7. The summed E-state index contributed by atoms with van der Waals surface area (Å²) in [5, 5.41) is 2.62. The molecule has 0 aliphatic carbocycles. The first-order valence-corrected chi connectivity index (χ1v) is 6.83. The zero-order valence-corrected chi connectivity index (χ0v) is 11.5. The van der Waals surface area contributed by atoms with Gasteiger partial charge in [0.2, 0.25) is 5.91 Å². The lowest BCUT2D eigenvalue weighted by molar-refractivity contribution is -0.118. The molecule has 2 rings (SSSR count). The second kappa shape index (κ2) is 5.98. The van der Waals surface area contributed by atoms with E-state index in [1.165, 1.54) is 11.3 Å². The second-order valence-corrected chi connectivity index (χ2v) is 5.24. The molecule has 0 bridgehead atoms. The van der Waals surface area contributed by atoms with E-state index in [2.05, 4.69) is 4.99 Å². The number of aromatic nitrogens is 1. The molecule has 0 saturated carbocycles. The minimum Gasteiger partial charge on any atom is -0.327 e. The molecule has 1 aromatic heterocycles. The van der Waals surface area contributed by atoms with Gasteiger partial charge in [-0.2, -0.15) is 4.99 Å². The molecule has 3 nitrogen and oxygen atoms in total. The van der Waals surface area contributed by atoms with Gasteiger partial charge in [-0.15, -0.1) is 11.3 Å². The molecule has 18 heavy (non-hydrogen) atoms. The molecule has 1 amide bonds. The summed E-state index contributed by atoms with van der Waals surface area (Å²) in [4.78, 5) is 16.5. The third-order valence-electron chi connectivity index (χ3n) is 2.52. The van der Waals surface area contributed by atoms with Gasteiger partial charge in [0, 0.05) is 30.1 Å². The summed E-state index contributed by atoms with van der Waals surface area (Å²) in [7, 11) is 1.88. The lowest BCUT2D eigenvalue weighted by Crippen LogP contribution is -2.12. The SMILES string of the molecule is Cn1ccsc1=NC(=O)CCc1ccc(Cl)cc1. The van der Waals surface area contributed by atoms with E-state index in [0.29, 0.717) is 17.9 Å². The van der Waals surface area contributed by atoms with E-state index < -0.39 is 0 Å². The molecule has 0 unspecified atom stereocenters. The summed E-state index contributed by atoms with van der Waals surface area (Å²) in [6.45, 7) is 0. The Balaban J connectivity index is 1.97. The Morgan fingerprint density at radius 2 is 2.11 bits per heavy atom. The van der Waals surface area contributed by atoms with Crippen LogP contribution in [0.3, 0.4) is 0 Å². The predicted octanol–water partition coefficient (Wildman–Crippen LogP) is 2.80. The maximum Gasteiger partial charge on any atom is 0.248 e. The van der Waals surface area contributed by atoms with Gasteiger partial charge < -0.3 is 4.57 Å². The summed E-state index contributed by atoms with van der Waals surface area (Å²) in [5.41, 5.74) is 1.10. The van der Waals surface area contributed by atoms with Gasteiger partial charge in [-0.1, -0.05) is 23.7 Å². The molecular formula is C13H13ClN2OS. The van der Waals surface area contributed by atoms with Crippen molar-refractivity contribution < 1.29 is 4.79 Å². The van der Waals surface area contributed by atoms with Gasteiger partial charge in [-0.25, -0.2) is 0 Å². The third-order valence-corrected chi connectivity index (χ3v) is 3.62. The molecule has 0 aliphatic heterocycles. The molecular weight excluding hydrogens is 268 g/mol. The largest absolute Gasteiger partial charge is 0.327 e. The Labute approximate surface area is 114 Å². The first-order valence-electron chi connectivity index (χ1n) is 5.57. The molecule has 0 saturated heterocycles. The number of hydrogen-bond acceptors (Lipinski definition) is 2. The number of nitrogens with zero attached hydrogens (tertiary/aromatic N) is 2. The quantitative estimate of drug-likeness (QED) is 0.851. The lowest BCUT2D eigenvalue weighted by atomic mass is 10.1. The Bertz CT molecular complexity index is 598. The van der Waals surface area contributed by atoms with Crippen molar-refractivity contribution in [3.63, 3.8) is 0 Å². The van der Waals surface area contributed by atoms with Crippen LogP contribution >= 0.6 is 22.9 Å². The maximum atomic E-state index is 11.7. The highest BCUT2D eigenvalue weighted by molar-refractivity contribution is 7.07. The van der Waals surface area contributed by atoms with Crippen molar-refractivity contribution in [3.05, 3.63) is 51.2 Å². The van der Waals surface area contributed by atoms with E-state index >= 15 is 0 Å². The summed E-state index contributed by atoms with van der Waals surface area (Å²) >= 11 is 7.26. The molecule has 94 valence electrons. The second-order valence-electron chi connectivity index (χ2n) is 3.93. The smallest absolute Gasteiger partial charge is 0.248 e. The molecule has 2 aromatic rings. The highest BCUT2D eigenvalue weighted by Gasteiger charge is 2.01. The number of halogens is 1. The van der Waals surface area contributed by atoms with E-state index in [0.717, 1.165) is 10.4 Å². The van der Waals surface area contributed by atoms with Crippen LogP contribution in [-0.2, 0) is 18.3 Å². The van der Waals surface area contributed by atoms with Crippen LogP contribution in [0.15, 0.2) is 40.8 Å². The first-order chi connectivity index (χ1) is 8.65.